The highest BCUT2D eigenvalue weighted by atomic mass is 16.5. The molecular formula is C25H31N3O4. The molecule has 1 aliphatic heterocycles. The molecule has 2 heterocycles. The molecule has 1 aliphatic carbocycles. The lowest BCUT2D eigenvalue weighted by Crippen LogP contribution is -2.40. The maximum Gasteiger partial charge on any atom is 0.268 e. The number of aromatic nitrogens is 1. The molecule has 7 heteroatoms. The van der Waals surface area contributed by atoms with E-state index in [1.54, 1.807) is 4.57 Å². The molecule has 1 saturated heterocycles. The number of nitrogens with zero attached hydrogens (tertiary/aromatic N) is 2. The fraction of sp³-hybridized carbons (Fsp3) is 0.480. The quantitative estimate of drug-likeness (QED) is 0.702. The van der Waals surface area contributed by atoms with Gasteiger partial charge in [0.05, 0.1) is 13.2 Å². The number of ketones is 1. The van der Waals surface area contributed by atoms with Gasteiger partial charge in [0.1, 0.15) is 5.56 Å². The highest BCUT2D eigenvalue weighted by molar-refractivity contribution is 6.02. The largest absolute Gasteiger partial charge is 0.379 e. The number of nitrogens with one attached hydrogen (secondary N) is 1. The zero-order chi connectivity index (χ0) is 22.7. The Morgan fingerprint density at radius 2 is 1.81 bits per heavy atom. The van der Waals surface area contributed by atoms with E-state index in [2.05, 4.69) is 10.2 Å². The molecule has 2 aliphatic rings. The summed E-state index contributed by atoms with van der Waals surface area (Å²) in [6.07, 6.45) is 1.78. The van der Waals surface area contributed by atoms with Gasteiger partial charge in [-0.15, -0.1) is 0 Å². The molecule has 1 aromatic heterocycles. The summed E-state index contributed by atoms with van der Waals surface area (Å²) in [5.41, 5.74) is 1.23. The predicted molar refractivity (Wildman–Crippen MR) is 123 cm³/mol. The van der Waals surface area contributed by atoms with Crippen LogP contribution in [-0.2, 0) is 11.2 Å². The van der Waals surface area contributed by atoms with Gasteiger partial charge < -0.3 is 10.1 Å². The third kappa shape index (κ3) is 4.84. The molecule has 0 spiro atoms. The van der Waals surface area contributed by atoms with E-state index in [1.165, 1.54) is 6.07 Å². The highest BCUT2D eigenvalue weighted by Crippen LogP contribution is 2.35. The van der Waals surface area contributed by atoms with Crippen molar-refractivity contribution in [3.8, 4) is 5.69 Å². The second-order valence-corrected chi connectivity index (χ2v) is 9.40. The van der Waals surface area contributed by atoms with Crippen LogP contribution >= 0.6 is 0 Å². The Hall–Kier alpha value is -2.77. The zero-order valence-corrected chi connectivity index (χ0v) is 18.9. The summed E-state index contributed by atoms with van der Waals surface area (Å²) in [6.45, 7) is 8.69. The maximum atomic E-state index is 13.4. The van der Waals surface area contributed by atoms with Crippen LogP contribution in [-0.4, -0.2) is 60.6 Å². The van der Waals surface area contributed by atoms with Crippen LogP contribution in [0.2, 0.25) is 0 Å². The second kappa shape index (κ2) is 9.38. The summed E-state index contributed by atoms with van der Waals surface area (Å²) in [6, 6.07) is 10.7. The molecule has 0 saturated carbocycles. The summed E-state index contributed by atoms with van der Waals surface area (Å²) in [4.78, 5) is 41.6. The van der Waals surface area contributed by atoms with Crippen molar-refractivity contribution >= 4 is 11.7 Å². The van der Waals surface area contributed by atoms with Crippen LogP contribution in [0, 0.1) is 5.41 Å². The van der Waals surface area contributed by atoms with E-state index in [0.29, 0.717) is 36.3 Å². The minimum absolute atomic E-state index is 0.0204. The lowest BCUT2D eigenvalue weighted by molar-refractivity contribution is 0.0374. The van der Waals surface area contributed by atoms with Crippen LogP contribution in [0.1, 0.15) is 53.1 Å². The standard InChI is InChI=1S/C25H31N3O4/c1-25(2)16-21-19(22(29)17-25)15-20(24(31)28(21)18-7-4-3-5-8-18)23(30)26-9-6-10-27-11-13-32-14-12-27/h3-5,7-8,15H,6,9-14,16-17H2,1-2H3,(H,26,30). The number of morpholine rings is 1. The highest BCUT2D eigenvalue weighted by Gasteiger charge is 2.35. The van der Waals surface area contributed by atoms with Gasteiger partial charge in [0.25, 0.3) is 11.5 Å². The van der Waals surface area contributed by atoms with Crippen LogP contribution in [0.25, 0.3) is 5.69 Å². The van der Waals surface area contributed by atoms with Crippen molar-refractivity contribution in [2.75, 3.05) is 39.4 Å². The summed E-state index contributed by atoms with van der Waals surface area (Å²) in [7, 11) is 0. The lowest BCUT2D eigenvalue weighted by Gasteiger charge is -2.32. The van der Waals surface area contributed by atoms with E-state index in [1.807, 2.05) is 44.2 Å². The van der Waals surface area contributed by atoms with Crippen molar-refractivity contribution in [2.45, 2.75) is 33.1 Å². The van der Waals surface area contributed by atoms with Gasteiger partial charge in [-0.25, -0.2) is 0 Å². The van der Waals surface area contributed by atoms with Crippen LogP contribution in [0.4, 0.5) is 0 Å². The third-order valence-electron chi connectivity index (χ3n) is 6.19. The average Bonchev–Trinajstić information content (AvgIpc) is 2.77. The number of amides is 1. The number of fused-ring (bicyclic) bond motifs is 1. The number of Topliss-reactive ketones (excluding diaryl/α,β-unsaturated/α-hetero) is 1. The molecule has 0 atom stereocenters. The molecule has 0 radical (unpaired) electrons. The summed E-state index contributed by atoms with van der Waals surface area (Å²) in [5, 5.41) is 2.87. The van der Waals surface area contributed by atoms with E-state index >= 15 is 0 Å². The summed E-state index contributed by atoms with van der Waals surface area (Å²) < 4.78 is 6.91. The lowest BCUT2D eigenvalue weighted by atomic mass is 9.75. The second-order valence-electron chi connectivity index (χ2n) is 9.40. The molecule has 7 nitrogen and oxygen atoms in total. The van der Waals surface area contributed by atoms with Crippen molar-refractivity contribution in [3.63, 3.8) is 0 Å². The number of benzene rings is 1. The van der Waals surface area contributed by atoms with Crippen LogP contribution in [0.3, 0.4) is 0 Å². The molecule has 1 aromatic carbocycles. The van der Waals surface area contributed by atoms with Gasteiger partial charge in [-0.3, -0.25) is 23.9 Å². The topological polar surface area (TPSA) is 80.6 Å². The monoisotopic (exact) mass is 437 g/mol. The molecule has 0 bridgehead atoms. The number of para-hydroxylation sites is 1. The van der Waals surface area contributed by atoms with Gasteiger partial charge in [0.2, 0.25) is 0 Å². The summed E-state index contributed by atoms with van der Waals surface area (Å²) in [5.74, 6) is -0.454. The fourth-order valence-electron chi connectivity index (χ4n) is 4.55. The van der Waals surface area contributed by atoms with Gasteiger partial charge in [0.15, 0.2) is 5.78 Å². The van der Waals surface area contributed by atoms with Gasteiger partial charge in [-0.1, -0.05) is 32.0 Å². The first-order valence-corrected chi connectivity index (χ1v) is 11.3. The normalized spacial score (nSPS) is 18.2. The van der Waals surface area contributed by atoms with Crippen molar-refractivity contribution in [3.05, 3.63) is 63.6 Å². The predicted octanol–water partition coefficient (Wildman–Crippen LogP) is 2.44. The minimum Gasteiger partial charge on any atom is -0.379 e. The molecule has 1 N–H and O–H groups in total. The Morgan fingerprint density at radius 1 is 1.09 bits per heavy atom. The van der Waals surface area contributed by atoms with Crippen LogP contribution < -0.4 is 10.9 Å². The Morgan fingerprint density at radius 3 is 2.53 bits per heavy atom. The van der Waals surface area contributed by atoms with E-state index in [0.717, 1.165) is 39.3 Å². The fourth-order valence-corrected chi connectivity index (χ4v) is 4.55. The number of carbonyl (C=O) groups is 2. The van der Waals surface area contributed by atoms with Crippen LogP contribution in [0.5, 0.6) is 0 Å². The van der Waals surface area contributed by atoms with Gasteiger partial charge in [0, 0.05) is 43.0 Å². The first-order chi connectivity index (χ1) is 15.4. The Bertz CT molecular complexity index is 1050. The van der Waals surface area contributed by atoms with Gasteiger partial charge in [-0.2, -0.15) is 0 Å². The number of pyridine rings is 1. The van der Waals surface area contributed by atoms with E-state index in [-0.39, 0.29) is 22.3 Å². The van der Waals surface area contributed by atoms with Gasteiger partial charge in [-0.05, 0) is 43.0 Å². The molecule has 1 amide bonds. The molecule has 170 valence electrons. The number of carbonyl (C=O) groups excluding carboxylic acids is 2. The summed E-state index contributed by atoms with van der Waals surface area (Å²) >= 11 is 0. The van der Waals surface area contributed by atoms with E-state index < -0.39 is 5.91 Å². The van der Waals surface area contributed by atoms with Crippen molar-refractivity contribution in [1.29, 1.82) is 0 Å². The van der Waals surface area contributed by atoms with E-state index in [4.69, 9.17) is 4.74 Å². The Balaban J connectivity index is 1.60. The molecule has 32 heavy (non-hydrogen) atoms. The van der Waals surface area contributed by atoms with Gasteiger partial charge >= 0.3 is 0 Å². The molecule has 4 rings (SSSR count). The Labute approximate surface area is 188 Å². The van der Waals surface area contributed by atoms with Crippen molar-refractivity contribution in [1.82, 2.24) is 14.8 Å². The Kier molecular flexibility index (Phi) is 6.58. The number of rotatable bonds is 6. The molecule has 2 aromatic rings. The van der Waals surface area contributed by atoms with Crippen molar-refractivity contribution < 1.29 is 14.3 Å². The van der Waals surface area contributed by atoms with Crippen molar-refractivity contribution in [2.24, 2.45) is 5.41 Å². The first kappa shape index (κ1) is 22.4. The number of ether oxygens (including phenoxy) is 1. The molecule has 1 fully saturated rings. The van der Waals surface area contributed by atoms with Crippen LogP contribution in [0.15, 0.2) is 41.2 Å². The maximum absolute atomic E-state index is 13.4. The average molecular weight is 438 g/mol. The number of hydrogen-bond acceptors (Lipinski definition) is 5. The van der Waals surface area contributed by atoms with E-state index in [9.17, 15) is 14.4 Å². The minimum atomic E-state index is -0.429. The molecular weight excluding hydrogens is 406 g/mol. The zero-order valence-electron chi connectivity index (χ0n) is 18.9. The molecule has 0 unspecified atom stereocenters. The number of hydrogen-bond donors (Lipinski definition) is 1. The smallest absolute Gasteiger partial charge is 0.268 e. The first-order valence-electron chi connectivity index (χ1n) is 11.3. The third-order valence-corrected chi connectivity index (χ3v) is 6.19. The SMILES string of the molecule is CC1(C)CC(=O)c2cc(C(=O)NCCCN3CCOCC3)c(=O)n(-c3ccccc3)c2C1.